The van der Waals surface area contributed by atoms with Crippen LogP contribution in [0.3, 0.4) is 0 Å². The van der Waals surface area contributed by atoms with Gasteiger partial charge >= 0.3 is 11.4 Å². The molecule has 4 aromatic rings. The predicted molar refractivity (Wildman–Crippen MR) is 100 cm³/mol. The molecule has 3 aromatic heterocycles. The first-order valence-electron chi connectivity index (χ1n) is 7.38. The molecular formula is C17H12N4O2S2. The summed E-state index contributed by atoms with van der Waals surface area (Å²) in [5.41, 5.74) is 1.38. The number of benzene rings is 1. The van der Waals surface area contributed by atoms with Crippen molar-refractivity contribution in [3.63, 3.8) is 0 Å². The molecule has 6 nitrogen and oxygen atoms in total. The van der Waals surface area contributed by atoms with E-state index in [1.807, 2.05) is 42.7 Å². The van der Waals surface area contributed by atoms with Crippen molar-refractivity contribution in [3.05, 3.63) is 69.8 Å². The molecule has 0 aliphatic carbocycles. The Balaban J connectivity index is 2.09. The number of pyridine rings is 1. The first-order chi connectivity index (χ1) is 12.2. The summed E-state index contributed by atoms with van der Waals surface area (Å²) in [7, 11) is 0. The standard InChI is InChI=1S/C17H12N4O2S2/c1-24-12-4-2-10(3-5-12)13-14(11-6-8-18-9-7-11)25-17-20-15(22)19-16(23)21(13)17/h2-9H,1H3,(H,19,22,23). The molecule has 0 atom stereocenters. The molecule has 0 saturated carbocycles. The number of thioether (sulfide) groups is 1. The van der Waals surface area contributed by atoms with Crippen molar-refractivity contribution < 1.29 is 0 Å². The van der Waals surface area contributed by atoms with E-state index in [1.54, 1.807) is 24.2 Å². The summed E-state index contributed by atoms with van der Waals surface area (Å²) in [5, 5.41) is 0. The van der Waals surface area contributed by atoms with E-state index >= 15 is 0 Å². The third-order valence-corrected chi connectivity index (χ3v) is 5.58. The van der Waals surface area contributed by atoms with E-state index in [2.05, 4.69) is 15.0 Å². The quantitative estimate of drug-likeness (QED) is 0.563. The van der Waals surface area contributed by atoms with Gasteiger partial charge in [0.15, 0.2) is 0 Å². The summed E-state index contributed by atoms with van der Waals surface area (Å²) in [6.45, 7) is 0. The largest absolute Gasteiger partial charge is 0.351 e. The highest BCUT2D eigenvalue weighted by Gasteiger charge is 2.18. The van der Waals surface area contributed by atoms with Crippen molar-refractivity contribution in [2.45, 2.75) is 4.90 Å². The Morgan fingerprint density at radius 1 is 1.04 bits per heavy atom. The topological polar surface area (TPSA) is 80.1 Å². The van der Waals surface area contributed by atoms with Gasteiger partial charge in [-0.3, -0.25) is 9.97 Å². The SMILES string of the molecule is CSc1ccc(-c2c(-c3ccncc3)sc3nc(=O)[nH]c(=O)n23)cc1. The fourth-order valence-electron chi connectivity index (χ4n) is 2.61. The molecule has 0 saturated heterocycles. The van der Waals surface area contributed by atoms with Crippen LogP contribution in [0.2, 0.25) is 0 Å². The van der Waals surface area contributed by atoms with Gasteiger partial charge in [-0.2, -0.15) is 4.98 Å². The third-order valence-electron chi connectivity index (χ3n) is 3.74. The average Bonchev–Trinajstić information content (AvgIpc) is 3.02. The summed E-state index contributed by atoms with van der Waals surface area (Å²) in [4.78, 5) is 36.6. The third kappa shape index (κ3) is 2.79. The summed E-state index contributed by atoms with van der Waals surface area (Å²) in [6, 6.07) is 11.7. The molecule has 0 aliphatic heterocycles. The van der Waals surface area contributed by atoms with Crippen LogP contribution in [0, 0.1) is 0 Å². The Hall–Kier alpha value is -2.71. The number of thiazole rings is 1. The van der Waals surface area contributed by atoms with Crippen molar-refractivity contribution in [3.8, 4) is 21.7 Å². The summed E-state index contributed by atoms with van der Waals surface area (Å²) >= 11 is 2.96. The zero-order chi connectivity index (χ0) is 17.4. The summed E-state index contributed by atoms with van der Waals surface area (Å²) < 4.78 is 1.45. The van der Waals surface area contributed by atoms with Crippen LogP contribution in [0.15, 0.2) is 63.3 Å². The highest BCUT2D eigenvalue weighted by molar-refractivity contribution is 7.98. The molecular weight excluding hydrogens is 356 g/mol. The van der Waals surface area contributed by atoms with Crippen molar-refractivity contribution >= 4 is 28.1 Å². The van der Waals surface area contributed by atoms with Crippen molar-refractivity contribution in [2.75, 3.05) is 6.26 Å². The van der Waals surface area contributed by atoms with Gasteiger partial charge in [-0.25, -0.2) is 14.0 Å². The van der Waals surface area contributed by atoms with Crippen LogP contribution in [0.4, 0.5) is 0 Å². The second kappa shape index (κ2) is 6.30. The van der Waals surface area contributed by atoms with E-state index in [-0.39, 0.29) is 0 Å². The number of H-pyrrole nitrogens is 1. The highest BCUT2D eigenvalue weighted by Crippen LogP contribution is 2.38. The average molecular weight is 368 g/mol. The number of aromatic amines is 1. The minimum atomic E-state index is -0.642. The monoisotopic (exact) mass is 368 g/mol. The molecule has 4 rings (SSSR count). The zero-order valence-corrected chi connectivity index (χ0v) is 14.7. The second-order valence-electron chi connectivity index (χ2n) is 5.21. The number of hydrogen-bond acceptors (Lipinski definition) is 6. The van der Waals surface area contributed by atoms with Crippen LogP contribution >= 0.6 is 23.1 Å². The maximum Gasteiger partial charge on any atom is 0.351 e. The van der Waals surface area contributed by atoms with Gasteiger partial charge in [0.2, 0.25) is 4.96 Å². The number of hydrogen-bond donors (Lipinski definition) is 1. The fraction of sp³-hybridized carbons (Fsp3) is 0.0588. The first kappa shape index (κ1) is 15.8. The second-order valence-corrected chi connectivity index (χ2v) is 7.07. The molecule has 3 heterocycles. The van der Waals surface area contributed by atoms with Gasteiger partial charge in [-0.1, -0.05) is 23.5 Å². The van der Waals surface area contributed by atoms with E-state index < -0.39 is 11.4 Å². The number of rotatable bonds is 3. The number of nitrogens with one attached hydrogen (secondary N) is 1. The normalized spacial score (nSPS) is 11.1. The number of aromatic nitrogens is 4. The molecule has 0 radical (unpaired) electrons. The number of fused-ring (bicyclic) bond motifs is 1. The fourth-order valence-corrected chi connectivity index (χ4v) is 4.16. The van der Waals surface area contributed by atoms with E-state index in [1.165, 1.54) is 15.7 Å². The molecule has 124 valence electrons. The van der Waals surface area contributed by atoms with E-state index in [0.717, 1.165) is 20.9 Å². The van der Waals surface area contributed by atoms with Gasteiger partial charge in [-0.15, -0.1) is 11.8 Å². The smallest absolute Gasteiger partial charge is 0.265 e. The lowest BCUT2D eigenvalue weighted by Crippen LogP contribution is -2.27. The molecule has 1 N–H and O–H groups in total. The molecule has 0 spiro atoms. The molecule has 0 amide bonds. The lowest BCUT2D eigenvalue weighted by molar-refractivity contribution is 0.926. The summed E-state index contributed by atoms with van der Waals surface area (Å²) in [5.74, 6) is 0. The molecule has 8 heteroatoms. The van der Waals surface area contributed by atoms with Gasteiger partial charge in [0, 0.05) is 22.9 Å². The van der Waals surface area contributed by atoms with Crippen LogP contribution in [0.25, 0.3) is 26.7 Å². The van der Waals surface area contributed by atoms with E-state index in [9.17, 15) is 9.59 Å². The van der Waals surface area contributed by atoms with E-state index in [0.29, 0.717) is 10.7 Å². The van der Waals surface area contributed by atoms with Crippen LogP contribution < -0.4 is 11.4 Å². The molecule has 25 heavy (non-hydrogen) atoms. The Labute approximate surface area is 150 Å². The lowest BCUT2D eigenvalue weighted by atomic mass is 10.1. The molecule has 0 unspecified atom stereocenters. The van der Waals surface area contributed by atoms with Crippen LogP contribution in [0.1, 0.15) is 0 Å². The molecule has 0 aliphatic rings. The minimum Gasteiger partial charge on any atom is -0.265 e. The zero-order valence-electron chi connectivity index (χ0n) is 13.1. The van der Waals surface area contributed by atoms with Crippen molar-refractivity contribution in [1.82, 2.24) is 19.4 Å². The molecule has 0 fully saturated rings. The molecule has 0 bridgehead atoms. The van der Waals surface area contributed by atoms with Crippen LogP contribution in [0.5, 0.6) is 0 Å². The Morgan fingerprint density at radius 2 is 1.76 bits per heavy atom. The Morgan fingerprint density at radius 3 is 2.44 bits per heavy atom. The summed E-state index contributed by atoms with van der Waals surface area (Å²) in [6.07, 6.45) is 5.40. The van der Waals surface area contributed by atoms with Crippen LogP contribution in [-0.2, 0) is 0 Å². The maximum atomic E-state index is 12.4. The first-order valence-corrected chi connectivity index (χ1v) is 9.42. The Kier molecular flexibility index (Phi) is 3.98. The highest BCUT2D eigenvalue weighted by atomic mass is 32.2. The predicted octanol–water partition coefficient (Wildman–Crippen LogP) is 2.90. The Bertz CT molecular complexity index is 1160. The lowest BCUT2D eigenvalue weighted by Gasteiger charge is -2.06. The van der Waals surface area contributed by atoms with Crippen molar-refractivity contribution in [2.24, 2.45) is 0 Å². The van der Waals surface area contributed by atoms with Gasteiger partial charge in [-0.05, 0) is 36.1 Å². The van der Waals surface area contributed by atoms with E-state index in [4.69, 9.17) is 0 Å². The molecule has 1 aromatic carbocycles. The van der Waals surface area contributed by atoms with Crippen LogP contribution in [-0.4, -0.2) is 25.6 Å². The minimum absolute atomic E-state index is 0.365. The van der Waals surface area contributed by atoms with Gasteiger partial charge in [0.25, 0.3) is 0 Å². The van der Waals surface area contributed by atoms with Gasteiger partial charge < -0.3 is 0 Å². The van der Waals surface area contributed by atoms with Crippen molar-refractivity contribution in [1.29, 1.82) is 0 Å². The van der Waals surface area contributed by atoms with Gasteiger partial charge in [0.1, 0.15) is 0 Å². The number of nitrogens with zero attached hydrogens (tertiary/aromatic N) is 3. The van der Waals surface area contributed by atoms with Gasteiger partial charge in [0.05, 0.1) is 10.6 Å². The maximum absolute atomic E-state index is 12.4.